The van der Waals surface area contributed by atoms with Gasteiger partial charge in [-0.1, -0.05) is 30.3 Å². The molecule has 0 radical (unpaired) electrons. The van der Waals surface area contributed by atoms with E-state index in [2.05, 4.69) is 66.0 Å². The van der Waals surface area contributed by atoms with Crippen LogP contribution in [0.15, 0.2) is 42.9 Å². The Hall–Kier alpha value is -1.61. The maximum atomic E-state index is 4.27. The van der Waals surface area contributed by atoms with Gasteiger partial charge in [-0.25, -0.2) is 4.98 Å². The van der Waals surface area contributed by atoms with Crippen molar-refractivity contribution in [2.24, 2.45) is 0 Å². The number of nitrogens with zero attached hydrogens (tertiary/aromatic N) is 2. The maximum Gasteiger partial charge on any atom is 0.0948 e. The van der Waals surface area contributed by atoms with E-state index in [1.54, 1.807) is 0 Å². The molecule has 0 unspecified atom stereocenters. The Balaban J connectivity index is 1.83. The zero-order valence-electron chi connectivity index (χ0n) is 12.8. The van der Waals surface area contributed by atoms with Crippen LogP contribution in [0.25, 0.3) is 0 Å². The first kappa shape index (κ1) is 14.8. The molecule has 1 aromatic carbocycles. The zero-order chi connectivity index (χ0) is 14.4. The highest BCUT2D eigenvalue weighted by atomic mass is 15.1. The first-order chi connectivity index (χ1) is 9.54. The zero-order valence-corrected chi connectivity index (χ0v) is 12.8. The van der Waals surface area contributed by atoms with E-state index < -0.39 is 0 Å². The summed E-state index contributed by atoms with van der Waals surface area (Å²) in [6, 6.07) is 10.7. The normalized spacial score (nSPS) is 11.8. The van der Waals surface area contributed by atoms with Crippen LogP contribution >= 0.6 is 0 Å². The van der Waals surface area contributed by atoms with Crippen molar-refractivity contribution in [3.8, 4) is 0 Å². The van der Waals surface area contributed by atoms with Gasteiger partial charge in [0, 0.05) is 24.8 Å². The van der Waals surface area contributed by atoms with E-state index in [4.69, 9.17) is 0 Å². The lowest BCUT2D eigenvalue weighted by molar-refractivity contribution is 0.414. The number of hydrogen-bond donors (Lipinski definition) is 1. The molecule has 0 atom stereocenters. The summed E-state index contributed by atoms with van der Waals surface area (Å²) in [5, 5.41) is 3.51. The Kier molecular flexibility index (Phi) is 4.96. The summed E-state index contributed by atoms with van der Waals surface area (Å²) >= 11 is 0. The lowest BCUT2D eigenvalue weighted by Gasteiger charge is -2.21. The SMILES string of the molecule is CC(C)(C)NCc1cncn1CCCc1ccccc1. The van der Waals surface area contributed by atoms with Crippen molar-refractivity contribution in [3.63, 3.8) is 0 Å². The number of imidazole rings is 1. The van der Waals surface area contributed by atoms with Crippen molar-refractivity contribution in [3.05, 3.63) is 54.1 Å². The van der Waals surface area contributed by atoms with Gasteiger partial charge >= 0.3 is 0 Å². The van der Waals surface area contributed by atoms with Gasteiger partial charge in [-0.2, -0.15) is 0 Å². The highest BCUT2D eigenvalue weighted by Gasteiger charge is 2.10. The Morgan fingerprint density at radius 2 is 1.90 bits per heavy atom. The number of hydrogen-bond acceptors (Lipinski definition) is 2. The van der Waals surface area contributed by atoms with Crippen molar-refractivity contribution in [2.75, 3.05) is 0 Å². The molecular formula is C17H25N3. The van der Waals surface area contributed by atoms with E-state index >= 15 is 0 Å². The Bertz CT molecular complexity index is 509. The second kappa shape index (κ2) is 6.71. The second-order valence-corrected chi connectivity index (χ2v) is 6.27. The highest BCUT2D eigenvalue weighted by molar-refractivity contribution is 5.14. The Labute approximate surface area is 122 Å². The molecule has 20 heavy (non-hydrogen) atoms. The van der Waals surface area contributed by atoms with Crippen LogP contribution in [-0.4, -0.2) is 15.1 Å². The average molecular weight is 271 g/mol. The molecule has 0 fully saturated rings. The number of aromatic nitrogens is 2. The molecule has 2 rings (SSSR count). The van der Waals surface area contributed by atoms with Crippen molar-refractivity contribution >= 4 is 0 Å². The summed E-state index contributed by atoms with van der Waals surface area (Å²) in [7, 11) is 0. The van der Waals surface area contributed by atoms with Gasteiger partial charge in [-0.3, -0.25) is 0 Å². The minimum Gasteiger partial charge on any atom is -0.333 e. The van der Waals surface area contributed by atoms with E-state index in [-0.39, 0.29) is 5.54 Å². The van der Waals surface area contributed by atoms with Crippen molar-refractivity contribution in [2.45, 2.75) is 52.2 Å². The fourth-order valence-corrected chi connectivity index (χ4v) is 2.15. The quantitative estimate of drug-likeness (QED) is 0.872. The number of aryl methyl sites for hydroxylation is 2. The molecule has 0 aliphatic carbocycles. The monoisotopic (exact) mass is 271 g/mol. The molecule has 0 aliphatic heterocycles. The Morgan fingerprint density at radius 3 is 2.60 bits per heavy atom. The molecule has 3 heteroatoms. The minimum absolute atomic E-state index is 0.138. The van der Waals surface area contributed by atoms with Crippen LogP contribution in [0, 0.1) is 0 Å². The lowest BCUT2D eigenvalue weighted by Crippen LogP contribution is -2.35. The predicted molar refractivity (Wildman–Crippen MR) is 83.6 cm³/mol. The molecule has 0 saturated carbocycles. The van der Waals surface area contributed by atoms with Gasteiger partial charge in [0.05, 0.1) is 12.0 Å². The fourth-order valence-electron chi connectivity index (χ4n) is 2.15. The van der Waals surface area contributed by atoms with Crippen molar-refractivity contribution in [1.29, 1.82) is 0 Å². The second-order valence-electron chi connectivity index (χ2n) is 6.27. The maximum absolute atomic E-state index is 4.27. The molecule has 1 aromatic heterocycles. The minimum atomic E-state index is 0.138. The third kappa shape index (κ3) is 4.82. The molecule has 0 spiro atoms. The molecule has 0 amide bonds. The smallest absolute Gasteiger partial charge is 0.0948 e. The van der Waals surface area contributed by atoms with E-state index in [1.807, 2.05) is 12.5 Å². The lowest BCUT2D eigenvalue weighted by atomic mass is 10.1. The van der Waals surface area contributed by atoms with E-state index in [9.17, 15) is 0 Å². The highest BCUT2D eigenvalue weighted by Crippen LogP contribution is 2.08. The standard InChI is InChI=1S/C17H25N3/c1-17(2,3)19-13-16-12-18-14-20(16)11-7-10-15-8-5-4-6-9-15/h4-6,8-9,12,14,19H,7,10-11,13H2,1-3H3. The molecule has 2 aromatic rings. The van der Waals surface area contributed by atoms with Gasteiger partial charge in [0.15, 0.2) is 0 Å². The molecule has 0 bridgehead atoms. The number of benzene rings is 1. The van der Waals surface area contributed by atoms with Gasteiger partial charge < -0.3 is 9.88 Å². The summed E-state index contributed by atoms with van der Waals surface area (Å²) in [5.41, 5.74) is 2.80. The molecule has 1 N–H and O–H groups in total. The molecule has 3 nitrogen and oxygen atoms in total. The van der Waals surface area contributed by atoms with E-state index in [0.29, 0.717) is 0 Å². The molecule has 108 valence electrons. The first-order valence-electron chi connectivity index (χ1n) is 7.32. The van der Waals surface area contributed by atoms with Gasteiger partial charge in [0.2, 0.25) is 0 Å². The molecule has 1 heterocycles. The predicted octanol–water partition coefficient (Wildman–Crippen LogP) is 3.40. The summed E-state index contributed by atoms with van der Waals surface area (Å²) in [6.07, 6.45) is 6.15. The average Bonchev–Trinajstić information content (AvgIpc) is 2.84. The van der Waals surface area contributed by atoms with Crippen molar-refractivity contribution < 1.29 is 0 Å². The number of rotatable bonds is 6. The van der Waals surface area contributed by atoms with Gasteiger partial charge in [-0.15, -0.1) is 0 Å². The van der Waals surface area contributed by atoms with Crippen LogP contribution in [0.2, 0.25) is 0 Å². The van der Waals surface area contributed by atoms with E-state index in [1.165, 1.54) is 11.3 Å². The third-order valence-electron chi connectivity index (χ3n) is 3.31. The van der Waals surface area contributed by atoms with Crippen LogP contribution in [0.5, 0.6) is 0 Å². The molecule has 0 saturated heterocycles. The van der Waals surface area contributed by atoms with Crippen LogP contribution < -0.4 is 5.32 Å². The topological polar surface area (TPSA) is 29.9 Å². The van der Waals surface area contributed by atoms with Crippen LogP contribution in [0.3, 0.4) is 0 Å². The first-order valence-corrected chi connectivity index (χ1v) is 7.32. The Morgan fingerprint density at radius 1 is 1.15 bits per heavy atom. The van der Waals surface area contributed by atoms with E-state index in [0.717, 1.165) is 25.9 Å². The summed E-state index contributed by atoms with van der Waals surface area (Å²) in [5.74, 6) is 0. The largest absolute Gasteiger partial charge is 0.333 e. The van der Waals surface area contributed by atoms with Crippen LogP contribution in [0.1, 0.15) is 38.4 Å². The summed E-state index contributed by atoms with van der Waals surface area (Å²) < 4.78 is 2.25. The molecular weight excluding hydrogens is 246 g/mol. The fraction of sp³-hybridized carbons (Fsp3) is 0.471. The van der Waals surface area contributed by atoms with Crippen molar-refractivity contribution in [1.82, 2.24) is 14.9 Å². The summed E-state index contributed by atoms with van der Waals surface area (Å²) in [6.45, 7) is 8.44. The van der Waals surface area contributed by atoms with Gasteiger partial charge in [-0.05, 0) is 39.2 Å². The third-order valence-corrected chi connectivity index (χ3v) is 3.31. The van der Waals surface area contributed by atoms with Gasteiger partial charge in [0.1, 0.15) is 0 Å². The summed E-state index contributed by atoms with van der Waals surface area (Å²) in [4.78, 5) is 4.27. The molecule has 0 aliphatic rings. The number of nitrogens with one attached hydrogen (secondary N) is 1. The van der Waals surface area contributed by atoms with Crippen LogP contribution in [-0.2, 0) is 19.5 Å². The van der Waals surface area contributed by atoms with Crippen LogP contribution in [0.4, 0.5) is 0 Å². The van der Waals surface area contributed by atoms with Gasteiger partial charge in [0.25, 0.3) is 0 Å².